The number of carboxylic acids is 1. The number of carbonyl (C=O) groups excluding carboxylic acids is 2. The summed E-state index contributed by atoms with van der Waals surface area (Å²) >= 11 is 0.904. The number of thioether (sulfide) groups is 1. The van der Waals surface area contributed by atoms with E-state index in [1.165, 1.54) is 4.90 Å². The molecule has 1 aliphatic heterocycles. The number of hydrogen-bond acceptors (Lipinski definition) is 5. The molecule has 0 radical (unpaired) electrons. The molecule has 0 aromatic heterocycles. The maximum absolute atomic E-state index is 12.5. The first-order valence-corrected chi connectivity index (χ1v) is 8.58. The highest BCUT2D eigenvalue weighted by atomic mass is 32.2. The Morgan fingerprint density at radius 1 is 1.08 bits per heavy atom. The van der Waals surface area contributed by atoms with Crippen LogP contribution in [0.4, 0.5) is 4.79 Å². The van der Waals surface area contributed by atoms with Crippen LogP contribution in [-0.4, -0.2) is 33.7 Å². The Morgan fingerprint density at radius 3 is 2.42 bits per heavy atom. The number of carboxylic acid groups (broad SMARTS) is 1. The smallest absolute Gasteiger partial charge is 0.341 e. The fourth-order valence-corrected chi connectivity index (χ4v) is 3.20. The summed E-state index contributed by atoms with van der Waals surface area (Å²) in [6, 6.07) is 15.9. The molecule has 7 heteroatoms. The zero-order valence-corrected chi connectivity index (χ0v) is 14.4. The zero-order valence-electron chi connectivity index (χ0n) is 13.6. The lowest BCUT2D eigenvalue weighted by atomic mass is 10.2. The Labute approximate surface area is 154 Å². The molecule has 0 atom stereocenters. The fraction of sp³-hybridized carbons (Fsp3) is 0.105. The third-order valence-electron chi connectivity index (χ3n) is 3.60. The first-order valence-electron chi connectivity index (χ1n) is 7.77. The maximum atomic E-state index is 12.5. The number of benzene rings is 2. The van der Waals surface area contributed by atoms with Crippen LogP contribution in [0.25, 0.3) is 6.08 Å². The van der Waals surface area contributed by atoms with Gasteiger partial charge < -0.3 is 9.84 Å². The Bertz CT molecular complexity index is 861. The third-order valence-corrected chi connectivity index (χ3v) is 4.50. The second-order valence-corrected chi connectivity index (χ2v) is 6.50. The molecule has 1 fully saturated rings. The lowest BCUT2D eigenvalue weighted by Crippen LogP contribution is -2.27. The van der Waals surface area contributed by atoms with Crippen LogP contribution < -0.4 is 4.74 Å². The summed E-state index contributed by atoms with van der Waals surface area (Å²) < 4.78 is 5.06. The number of rotatable bonds is 6. The minimum absolute atomic E-state index is 0.241. The minimum atomic E-state index is -1.05. The van der Waals surface area contributed by atoms with Crippen molar-refractivity contribution in [2.45, 2.75) is 6.54 Å². The first kappa shape index (κ1) is 17.8. The molecule has 0 spiro atoms. The monoisotopic (exact) mass is 369 g/mol. The van der Waals surface area contributed by atoms with Gasteiger partial charge in [-0.3, -0.25) is 14.5 Å². The Balaban J connectivity index is 1.70. The van der Waals surface area contributed by atoms with Crippen molar-refractivity contribution >= 4 is 35.0 Å². The lowest BCUT2D eigenvalue weighted by molar-refractivity contribution is -0.139. The van der Waals surface area contributed by atoms with E-state index >= 15 is 0 Å². The predicted molar refractivity (Wildman–Crippen MR) is 97.5 cm³/mol. The highest BCUT2D eigenvalue weighted by Gasteiger charge is 2.34. The molecule has 1 aliphatic rings. The van der Waals surface area contributed by atoms with Crippen molar-refractivity contribution in [1.82, 2.24) is 4.90 Å². The molecule has 0 aliphatic carbocycles. The van der Waals surface area contributed by atoms with E-state index in [-0.39, 0.29) is 17.7 Å². The number of imide groups is 1. The Kier molecular flexibility index (Phi) is 5.38. The first-order chi connectivity index (χ1) is 12.5. The van der Waals surface area contributed by atoms with Crippen LogP contribution in [0.2, 0.25) is 0 Å². The molecule has 1 saturated heterocycles. The van der Waals surface area contributed by atoms with Crippen molar-refractivity contribution in [3.8, 4) is 5.75 Å². The Hall–Kier alpha value is -3.06. The van der Waals surface area contributed by atoms with Crippen molar-refractivity contribution in [1.29, 1.82) is 0 Å². The van der Waals surface area contributed by atoms with Crippen LogP contribution >= 0.6 is 11.8 Å². The standard InChI is InChI=1S/C19H15NO5S/c21-17(22)12-25-15-8-6-13(7-9-15)10-16-18(23)20(19(24)26-16)11-14-4-2-1-3-5-14/h1-10H,11-12H2,(H,21,22)/b16-10-. The van der Waals surface area contributed by atoms with E-state index in [1.807, 2.05) is 30.3 Å². The van der Waals surface area contributed by atoms with Gasteiger partial charge >= 0.3 is 5.97 Å². The summed E-state index contributed by atoms with van der Waals surface area (Å²) in [5, 5.41) is 8.29. The molecule has 2 amide bonds. The van der Waals surface area contributed by atoms with Gasteiger partial charge in [-0.25, -0.2) is 4.79 Å². The average molecular weight is 369 g/mol. The van der Waals surface area contributed by atoms with Crippen molar-refractivity contribution in [2.75, 3.05) is 6.61 Å². The Morgan fingerprint density at radius 2 is 1.77 bits per heavy atom. The maximum Gasteiger partial charge on any atom is 0.341 e. The molecular weight excluding hydrogens is 354 g/mol. The van der Waals surface area contributed by atoms with Gasteiger partial charge in [-0.15, -0.1) is 0 Å². The molecule has 0 saturated carbocycles. The van der Waals surface area contributed by atoms with Gasteiger partial charge in [0.1, 0.15) is 5.75 Å². The molecule has 2 aromatic carbocycles. The van der Waals surface area contributed by atoms with Gasteiger partial charge in [0.25, 0.3) is 11.1 Å². The molecule has 132 valence electrons. The van der Waals surface area contributed by atoms with Crippen molar-refractivity contribution in [3.05, 3.63) is 70.6 Å². The number of amides is 2. The number of ether oxygens (including phenoxy) is 1. The molecule has 1 N–H and O–H groups in total. The van der Waals surface area contributed by atoms with Gasteiger partial charge in [0.15, 0.2) is 6.61 Å². The zero-order chi connectivity index (χ0) is 18.5. The van der Waals surface area contributed by atoms with E-state index in [0.29, 0.717) is 10.7 Å². The molecule has 1 heterocycles. The van der Waals surface area contributed by atoms with Crippen LogP contribution in [0.15, 0.2) is 59.5 Å². The summed E-state index contributed by atoms with van der Waals surface area (Å²) in [4.78, 5) is 36.7. The molecule has 6 nitrogen and oxygen atoms in total. The summed E-state index contributed by atoms with van der Waals surface area (Å²) in [6.45, 7) is -0.178. The van der Waals surface area contributed by atoms with Crippen LogP contribution in [0.3, 0.4) is 0 Å². The fourth-order valence-electron chi connectivity index (χ4n) is 2.36. The molecule has 2 aromatic rings. The van der Waals surface area contributed by atoms with E-state index < -0.39 is 12.6 Å². The number of hydrogen-bond donors (Lipinski definition) is 1. The largest absolute Gasteiger partial charge is 0.482 e. The quantitative estimate of drug-likeness (QED) is 0.786. The van der Waals surface area contributed by atoms with Crippen LogP contribution in [0.5, 0.6) is 5.75 Å². The summed E-state index contributed by atoms with van der Waals surface area (Å²) in [5.74, 6) is -0.960. The summed E-state index contributed by atoms with van der Waals surface area (Å²) in [6.07, 6.45) is 1.64. The second kappa shape index (κ2) is 7.88. The van der Waals surface area contributed by atoms with Crippen molar-refractivity contribution in [2.24, 2.45) is 0 Å². The molecule has 26 heavy (non-hydrogen) atoms. The van der Waals surface area contributed by atoms with Crippen LogP contribution in [0, 0.1) is 0 Å². The number of aliphatic carboxylic acids is 1. The molecule has 0 unspecified atom stereocenters. The van der Waals surface area contributed by atoms with E-state index in [9.17, 15) is 14.4 Å². The van der Waals surface area contributed by atoms with E-state index in [4.69, 9.17) is 9.84 Å². The molecular formula is C19H15NO5S. The predicted octanol–water partition coefficient (Wildman–Crippen LogP) is 3.39. The normalized spacial score (nSPS) is 15.5. The SMILES string of the molecule is O=C(O)COc1ccc(/C=C2\SC(=O)N(Cc3ccccc3)C2=O)cc1. The van der Waals surface area contributed by atoms with Crippen molar-refractivity contribution in [3.63, 3.8) is 0 Å². The third kappa shape index (κ3) is 4.31. The van der Waals surface area contributed by atoms with E-state index in [1.54, 1.807) is 30.3 Å². The number of nitrogens with zero attached hydrogens (tertiary/aromatic N) is 1. The summed E-state index contributed by atoms with van der Waals surface area (Å²) in [7, 11) is 0. The van der Waals surface area contributed by atoms with Crippen LogP contribution in [-0.2, 0) is 16.1 Å². The van der Waals surface area contributed by atoms with Gasteiger partial charge in [-0.2, -0.15) is 0 Å². The lowest BCUT2D eigenvalue weighted by Gasteiger charge is -2.12. The minimum Gasteiger partial charge on any atom is -0.482 e. The highest BCUT2D eigenvalue weighted by Crippen LogP contribution is 2.33. The van der Waals surface area contributed by atoms with Crippen LogP contribution in [0.1, 0.15) is 11.1 Å². The van der Waals surface area contributed by atoms with Crippen molar-refractivity contribution < 1.29 is 24.2 Å². The molecule has 3 rings (SSSR count). The van der Waals surface area contributed by atoms with E-state index in [0.717, 1.165) is 22.9 Å². The molecule has 0 bridgehead atoms. The van der Waals surface area contributed by atoms with Gasteiger partial charge in [0.2, 0.25) is 0 Å². The average Bonchev–Trinajstić information content (AvgIpc) is 2.89. The topological polar surface area (TPSA) is 83.9 Å². The highest BCUT2D eigenvalue weighted by molar-refractivity contribution is 8.18. The summed E-state index contributed by atoms with van der Waals surface area (Å²) in [5.41, 5.74) is 1.61. The second-order valence-electron chi connectivity index (χ2n) is 5.50. The van der Waals surface area contributed by atoms with Gasteiger partial charge in [-0.05, 0) is 41.1 Å². The number of carbonyl (C=O) groups is 3. The van der Waals surface area contributed by atoms with Gasteiger partial charge in [0, 0.05) is 0 Å². The van der Waals surface area contributed by atoms with Gasteiger partial charge in [-0.1, -0.05) is 42.5 Å². The van der Waals surface area contributed by atoms with Gasteiger partial charge in [0.05, 0.1) is 11.4 Å². The van der Waals surface area contributed by atoms with E-state index in [2.05, 4.69) is 0 Å².